The minimum Gasteiger partial charge on any atom is -0.619 e. The van der Waals surface area contributed by atoms with E-state index in [0.29, 0.717) is 26.7 Å². The van der Waals surface area contributed by atoms with E-state index in [4.69, 9.17) is 11.6 Å². The average molecular weight is 368 g/mol. The second-order valence-corrected chi connectivity index (χ2v) is 5.85. The van der Waals surface area contributed by atoms with Gasteiger partial charge in [-0.3, -0.25) is 9.59 Å². The molecule has 1 heterocycles. The van der Waals surface area contributed by atoms with Crippen molar-refractivity contribution in [2.24, 2.45) is 0 Å². The quantitative estimate of drug-likeness (QED) is 0.547. The maximum absolute atomic E-state index is 12.4. The molecule has 2 N–H and O–H groups in total. The Kier molecular flexibility index (Phi) is 5.15. The number of hydrogen-bond donors (Lipinski definition) is 2. The third kappa shape index (κ3) is 4.17. The summed E-state index contributed by atoms with van der Waals surface area (Å²) in [5.41, 5.74) is 1.50. The van der Waals surface area contributed by atoms with Gasteiger partial charge >= 0.3 is 0 Å². The van der Waals surface area contributed by atoms with Gasteiger partial charge in [0.05, 0.1) is 11.4 Å². The number of nitrogens with one attached hydrogen (secondary N) is 2. The van der Waals surface area contributed by atoms with Gasteiger partial charge in [-0.2, -0.15) is 4.73 Å². The lowest BCUT2D eigenvalue weighted by Gasteiger charge is -2.12. The number of carbonyl (C=O) groups excluding carboxylic acids is 2. The first-order chi connectivity index (χ1) is 12.5. The van der Waals surface area contributed by atoms with Gasteiger partial charge in [0.15, 0.2) is 12.4 Å². The molecule has 0 unspecified atom stereocenters. The number of benzene rings is 2. The van der Waals surface area contributed by atoms with E-state index < -0.39 is 5.91 Å². The summed E-state index contributed by atoms with van der Waals surface area (Å²) >= 11 is 5.83. The number of hydrogen-bond acceptors (Lipinski definition) is 3. The predicted octanol–water partition coefficient (Wildman–Crippen LogP) is 3.48. The Morgan fingerprint density at radius 3 is 1.96 bits per heavy atom. The first-order valence-electron chi connectivity index (χ1n) is 7.69. The second kappa shape index (κ2) is 7.67. The van der Waals surface area contributed by atoms with Crippen LogP contribution in [0.4, 0.5) is 11.4 Å². The molecule has 1 aromatic heterocycles. The van der Waals surface area contributed by atoms with Crippen molar-refractivity contribution in [2.75, 3.05) is 10.6 Å². The molecule has 26 heavy (non-hydrogen) atoms. The molecule has 2 aromatic carbocycles. The van der Waals surface area contributed by atoms with E-state index in [-0.39, 0.29) is 11.5 Å². The van der Waals surface area contributed by atoms with Crippen LogP contribution in [-0.2, 0) is 0 Å². The molecular weight excluding hydrogens is 354 g/mol. The van der Waals surface area contributed by atoms with E-state index in [1.165, 1.54) is 24.5 Å². The summed E-state index contributed by atoms with van der Waals surface area (Å²) in [6, 6.07) is 16.3. The maximum atomic E-state index is 12.4. The van der Waals surface area contributed by atoms with E-state index in [1.54, 1.807) is 48.5 Å². The summed E-state index contributed by atoms with van der Waals surface area (Å²) in [6.07, 6.45) is 2.46. The van der Waals surface area contributed by atoms with Crippen LogP contribution in [0.2, 0.25) is 5.02 Å². The summed E-state index contributed by atoms with van der Waals surface area (Å²) in [5, 5.41) is 17.3. The van der Waals surface area contributed by atoms with E-state index >= 15 is 0 Å². The maximum Gasteiger partial charge on any atom is 0.261 e. The number of amides is 2. The van der Waals surface area contributed by atoms with Crippen LogP contribution in [0, 0.1) is 5.21 Å². The summed E-state index contributed by atoms with van der Waals surface area (Å²) in [4.78, 5) is 24.7. The van der Waals surface area contributed by atoms with Crippen LogP contribution in [0.15, 0.2) is 73.1 Å². The topological polar surface area (TPSA) is 85.1 Å². The fourth-order valence-electron chi connectivity index (χ4n) is 2.28. The molecule has 0 saturated carbocycles. The first kappa shape index (κ1) is 17.4. The Bertz CT molecular complexity index is 958. The van der Waals surface area contributed by atoms with Gasteiger partial charge in [0.1, 0.15) is 5.56 Å². The van der Waals surface area contributed by atoms with Crippen LogP contribution in [-0.4, -0.2) is 11.8 Å². The molecule has 0 radical (unpaired) electrons. The lowest BCUT2D eigenvalue weighted by molar-refractivity contribution is -0.605. The molecule has 3 rings (SSSR count). The van der Waals surface area contributed by atoms with Crippen molar-refractivity contribution in [3.63, 3.8) is 0 Å². The summed E-state index contributed by atoms with van der Waals surface area (Å²) in [6.45, 7) is 0. The highest BCUT2D eigenvalue weighted by molar-refractivity contribution is 6.30. The number of para-hydroxylation sites is 2. The van der Waals surface area contributed by atoms with Crippen molar-refractivity contribution in [3.05, 3.63) is 94.4 Å². The van der Waals surface area contributed by atoms with Gasteiger partial charge in [-0.15, -0.1) is 0 Å². The zero-order valence-electron chi connectivity index (χ0n) is 13.5. The minimum atomic E-state index is -0.455. The Morgan fingerprint density at radius 2 is 1.38 bits per heavy atom. The van der Waals surface area contributed by atoms with Crippen molar-refractivity contribution in [3.8, 4) is 0 Å². The average Bonchev–Trinajstić information content (AvgIpc) is 2.64. The summed E-state index contributed by atoms with van der Waals surface area (Å²) in [5.74, 6) is -0.788. The molecule has 0 spiro atoms. The van der Waals surface area contributed by atoms with E-state index in [2.05, 4.69) is 10.6 Å². The molecule has 0 saturated heterocycles. The third-order valence-electron chi connectivity index (χ3n) is 3.57. The monoisotopic (exact) mass is 367 g/mol. The van der Waals surface area contributed by atoms with Gasteiger partial charge in [-0.25, -0.2) is 0 Å². The number of nitrogens with zero attached hydrogens (tertiary/aromatic N) is 1. The zero-order chi connectivity index (χ0) is 18.5. The smallest absolute Gasteiger partial charge is 0.261 e. The zero-order valence-corrected chi connectivity index (χ0v) is 14.2. The van der Waals surface area contributed by atoms with Gasteiger partial charge in [-0.05, 0) is 42.5 Å². The molecule has 0 aliphatic rings. The fraction of sp³-hybridized carbons (Fsp3) is 0. The number of halogens is 1. The third-order valence-corrected chi connectivity index (χ3v) is 3.82. The van der Waals surface area contributed by atoms with Crippen molar-refractivity contribution in [1.29, 1.82) is 0 Å². The summed E-state index contributed by atoms with van der Waals surface area (Å²) < 4.78 is 0.545. The molecule has 3 aromatic rings. The molecule has 0 aliphatic carbocycles. The molecule has 2 amide bonds. The van der Waals surface area contributed by atoms with Gasteiger partial charge in [0.25, 0.3) is 11.8 Å². The van der Waals surface area contributed by atoms with Gasteiger partial charge in [-0.1, -0.05) is 23.7 Å². The van der Waals surface area contributed by atoms with Crippen LogP contribution in [0.1, 0.15) is 20.7 Å². The van der Waals surface area contributed by atoms with E-state index in [0.717, 1.165) is 0 Å². The van der Waals surface area contributed by atoms with Crippen LogP contribution >= 0.6 is 11.6 Å². The largest absolute Gasteiger partial charge is 0.619 e. The Hall–Kier alpha value is -3.38. The van der Waals surface area contributed by atoms with Crippen LogP contribution in [0.25, 0.3) is 0 Å². The lowest BCUT2D eigenvalue weighted by atomic mass is 10.2. The molecule has 0 atom stereocenters. The Labute approximate surface area is 154 Å². The molecular formula is C19H14ClN3O3. The Balaban J connectivity index is 1.78. The van der Waals surface area contributed by atoms with Crippen molar-refractivity contribution >= 4 is 34.8 Å². The van der Waals surface area contributed by atoms with Crippen LogP contribution in [0.3, 0.4) is 0 Å². The SMILES string of the molecule is O=C(Nc1ccccc1NC(=O)c1ccc[n+]([O-])c1)c1ccc(Cl)cc1. The molecule has 130 valence electrons. The van der Waals surface area contributed by atoms with Crippen molar-refractivity contribution in [1.82, 2.24) is 0 Å². The minimum absolute atomic E-state index is 0.210. The van der Waals surface area contributed by atoms with Crippen LogP contribution in [0.5, 0.6) is 0 Å². The molecule has 0 aliphatic heterocycles. The van der Waals surface area contributed by atoms with Gasteiger partial charge in [0, 0.05) is 16.7 Å². The number of rotatable bonds is 4. The van der Waals surface area contributed by atoms with Crippen molar-refractivity contribution in [2.45, 2.75) is 0 Å². The second-order valence-electron chi connectivity index (χ2n) is 5.41. The van der Waals surface area contributed by atoms with E-state index in [9.17, 15) is 14.8 Å². The van der Waals surface area contributed by atoms with Gasteiger partial charge < -0.3 is 15.8 Å². The summed E-state index contributed by atoms with van der Waals surface area (Å²) in [7, 11) is 0. The first-order valence-corrected chi connectivity index (χ1v) is 8.07. The number of carbonyl (C=O) groups is 2. The number of pyridine rings is 1. The standard InChI is InChI=1S/C19H14ClN3O3/c20-15-9-7-13(8-10-15)18(24)21-16-5-1-2-6-17(16)22-19(25)14-4-3-11-23(26)12-14/h1-12H,(H,21,24)(H,22,25). The molecule has 0 fully saturated rings. The molecule has 6 nitrogen and oxygen atoms in total. The number of anilines is 2. The highest BCUT2D eigenvalue weighted by atomic mass is 35.5. The highest BCUT2D eigenvalue weighted by Gasteiger charge is 2.13. The Morgan fingerprint density at radius 1 is 0.808 bits per heavy atom. The van der Waals surface area contributed by atoms with Crippen LogP contribution < -0.4 is 15.4 Å². The molecule has 0 bridgehead atoms. The highest BCUT2D eigenvalue weighted by Crippen LogP contribution is 2.22. The van der Waals surface area contributed by atoms with Crippen molar-refractivity contribution < 1.29 is 14.3 Å². The lowest BCUT2D eigenvalue weighted by Crippen LogP contribution is -2.27. The fourth-order valence-corrected chi connectivity index (χ4v) is 2.41. The molecule has 7 heteroatoms. The van der Waals surface area contributed by atoms with Gasteiger partial charge in [0.2, 0.25) is 0 Å². The predicted molar refractivity (Wildman–Crippen MR) is 99.2 cm³/mol. The number of aromatic nitrogens is 1. The normalized spacial score (nSPS) is 10.2. The van der Waals surface area contributed by atoms with E-state index in [1.807, 2.05) is 0 Å².